The molecule has 0 radical (unpaired) electrons. The second-order valence-corrected chi connectivity index (χ2v) is 11.6. The summed E-state index contributed by atoms with van der Waals surface area (Å²) >= 11 is 0. The minimum absolute atomic E-state index is 0.0873. The summed E-state index contributed by atoms with van der Waals surface area (Å²) in [7, 11) is 0. The molecule has 1 aliphatic heterocycles. The number of amides is 1. The van der Waals surface area contributed by atoms with Crippen molar-refractivity contribution in [2.24, 2.45) is 0 Å². The Morgan fingerprint density at radius 1 is 1.02 bits per heavy atom. The van der Waals surface area contributed by atoms with E-state index < -0.39 is 29.5 Å². The summed E-state index contributed by atoms with van der Waals surface area (Å²) in [4.78, 5) is 30.5. The Balaban J connectivity index is 1.45. The van der Waals surface area contributed by atoms with E-state index in [0.717, 1.165) is 17.2 Å². The number of carbonyl (C=O) groups is 2. The van der Waals surface area contributed by atoms with Crippen molar-refractivity contribution < 1.29 is 32.2 Å². The first-order valence-electron chi connectivity index (χ1n) is 14.3. The van der Waals surface area contributed by atoms with Crippen LogP contribution >= 0.6 is 0 Å². The van der Waals surface area contributed by atoms with Gasteiger partial charge in [0.15, 0.2) is 0 Å². The molecule has 1 unspecified atom stereocenters. The van der Waals surface area contributed by atoms with Crippen LogP contribution in [0.25, 0.3) is 11.1 Å². The highest BCUT2D eigenvalue weighted by atomic mass is 19.4. The summed E-state index contributed by atoms with van der Waals surface area (Å²) < 4.78 is 52.4. The van der Waals surface area contributed by atoms with E-state index in [2.05, 4.69) is 16.4 Å². The van der Waals surface area contributed by atoms with E-state index >= 15 is 0 Å². The number of ether oxygens (including phenoxy) is 2. The summed E-state index contributed by atoms with van der Waals surface area (Å²) in [5.41, 5.74) is 1.44. The van der Waals surface area contributed by atoms with Gasteiger partial charge in [0.2, 0.25) is 5.91 Å². The summed E-state index contributed by atoms with van der Waals surface area (Å²) in [5.74, 6) is -0.671. The molecule has 1 fully saturated rings. The van der Waals surface area contributed by atoms with Crippen molar-refractivity contribution in [1.82, 2.24) is 10.3 Å². The number of esters is 1. The van der Waals surface area contributed by atoms with Gasteiger partial charge in [0.25, 0.3) is 0 Å². The van der Waals surface area contributed by atoms with Crippen LogP contribution in [-0.4, -0.2) is 48.2 Å². The number of alkyl halides is 3. The van der Waals surface area contributed by atoms with Crippen LogP contribution in [0.2, 0.25) is 0 Å². The van der Waals surface area contributed by atoms with E-state index in [0.29, 0.717) is 49.0 Å². The van der Waals surface area contributed by atoms with Gasteiger partial charge in [-0.1, -0.05) is 36.4 Å². The second kappa shape index (κ2) is 13.9. The first-order chi connectivity index (χ1) is 20.8. The fraction of sp³-hybridized carbons (Fsp3) is 0.394. The van der Waals surface area contributed by atoms with Crippen LogP contribution in [-0.2, 0) is 38.3 Å². The maximum atomic E-state index is 13.9. The van der Waals surface area contributed by atoms with Gasteiger partial charge >= 0.3 is 12.1 Å². The average molecular weight is 609 g/mol. The fourth-order valence-electron chi connectivity index (χ4n) is 4.90. The number of nitrogens with one attached hydrogen (secondary N) is 1. The van der Waals surface area contributed by atoms with Gasteiger partial charge in [-0.15, -0.1) is 0 Å². The van der Waals surface area contributed by atoms with Crippen molar-refractivity contribution in [3.05, 3.63) is 83.0 Å². The number of carbonyl (C=O) groups excluding carboxylic acids is 2. The lowest BCUT2D eigenvalue weighted by molar-refractivity contribution is -0.160. The first-order valence-corrected chi connectivity index (χ1v) is 14.3. The van der Waals surface area contributed by atoms with Gasteiger partial charge in [-0.2, -0.15) is 18.4 Å². The zero-order valence-electron chi connectivity index (χ0n) is 24.9. The molecule has 0 spiro atoms. The van der Waals surface area contributed by atoms with Gasteiger partial charge in [0.05, 0.1) is 18.2 Å². The van der Waals surface area contributed by atoms with Crippen molar-refractivity contribution in [3.8, 4) is 17.2 Å². The number of hydrogen-bond acceptors (Lipinski definition) is 7. The molecule has 2 aromatic carbocycles. The Bertz CT molecular complexity index is 1490. The Hall–Kier alpha value is -4.43. The quantitative estimate of drug-likeness (QED) is 0.289. The molecule has 44 heavy (non-hydrogen) atoms. The molecule has 1 aromatic heterocycles. The molecule has 1 saturated heterocycles. The van der Waals surface area contributed by atoms with Crippen LogP contribution < -0.4 is 10.2 Å². The topological polar surface area (TPSA) is 105 Å². The standard InChI is InChI=1S/C33H35F3N4O4/c1-32(2,3)44-30(41)21-43-20-24-10-12-25(13-11-24)26-17-28(33(34,35)36)39-29(18-26)40-16-4-5-27(40)31(42)38-15-14-22-6-8-23(19-37)9-7-22/h6-13,17-18,27H,4-5,14-16,20-21H2,1-3H3,(H,38,42). The summed E-state index contributed by atoms with van der Waals surface area (Å²) in [6, 6.07) is 17.9. The third-order valence-electron chi connectivity index (χ3n) is 6.94. The second-order valence-electron chi connectivity index (χ2n) is 11.6. The lowest BCUT2D eigenvalue weighted by atomic mass is 10.0. The van der Waals surface area contributed by atoms with Gasteiger partial charge in [-0.3, -0.25) is 4.79 Å². The zero-order chi connectivity index (χ0) is 31.9. The van der Waals surface area contributed by atoms with Gasteiger partial charge in [-0.25, -0.2) is 9.78 Å². The molecule has 232 valence electrons. The largest absolute Gasteiger partial charge is 0.458 e. The molecule has 0 bridgehead atoms. The highest BCUT2D eigenvalue weighted by molar-refractivity contribution is 5.86. The highest BCUT2D eigenvalue weighted by Crippen LogP contribution is 2.35. The van der Waals surface area contributed by atoms with Crippen LogP contribution in [0.3, 0.4) is 0 Å². The molecule has 4 rings (SSSR count). The molecule has 2 heterocycles. The molecular formula is C33H35F3N4O4. The zero-order valence-corrected chi connectivity index (χ0v) is 24.9. The minimum Gasteiger partial charge on any atom is -0.458 e. The molecule has 1 atom stereocenters. The van der Waals surface area contributed by atoms with Crippen molar-refractivity contribution >= 4 is 17.7 Å². The van der Waals surface area contributed by atoms with Gasteiger partial charge in [0.1, 0.15) is 29.8 Å². The van der Waals surface area contributed by atoms with E-state index in [9.17, 15) is 22.8 Å². The smallest absolute Gasteiger partial charge is 0.433 e. The van der Waals surface area contributed by atoms with Crippen LogP contribution in [0.15, 0.2) is 60.7 Å². The lowest BCUT2D eigenvalue weighted by Gasteiger charge is -2.26. The number of nitrogens with zero attached hydrogens (tertiary/aromatic N) is 3. The van der Waals surface area contributed by atoms with E-state index in [-0.39, 0.29) is 24.9 Å². The van der Waals surface area contributed by atoms with Crippen LogP contribution in [0.5, 0.6) is 0 Å². The minimum atomic E-state index is -4.68. The van der Waals surface area contributed by atoms with Crippen molar-refractivity contribution in [3.63, 3.8) is 0 Å². The van der Waals surface area contributed by atoms with Crippen LogP contribution in [0, 0.1) is 11.3 Å². The van der Waals surface area contributed by atoms with Gasteiger partial charge in [-0.05, 0) is 86.6 Å². The molecule has 0 aliphatic carbocycles. The van der Waals surface area contributed by atoms with E-state index in [4.69, 9.17) is 14.7 Å². The molecule has 1 amide bonds. The average Bonchev–Trinajstić information content (AvgIpc) is 3.47. The third kappa shape index (κ3) is 9.04. The number of rotatable bonds is 10. The van der Waals surface area contributed by atoms with E-state index in [1.807, 2.05) is 12.1 Å². The SMILES string of the molecule is CC(C)(C)OC(=O)COCc1ccc(-c2cc(N3CCCC3C(=O)NCCc3ccc(C#N)cc3)nc(C(F)(F)F)c2)cc1. The molecule has 0 saturated carbocycles. The first kappa shape index (κ1) is 32.5. The number of hydrogen-bond donors (Lipinski definition) is 1. The number of aromatic nitrogens is 1. The number of anilines is 1. The number of benzene rings is 2. The summed E-state index contributed by atoms with van der Waals surface area (Å²) in [6.07, 6.45) is -3.00. The van der Waals surface area contributed by atoms with Crippen LogP contribution in [0.1, 0.15) is 56.0 Å². The predicted molar refractivity (Wildman–Crippen MR) is 158 cm³/mol. The highest BCUT2D eigenvalue weighted by Gasteiger charge is 2.36. The van der Waals surface area contributed by atoms with Crippen molar-refractivity contribution in [1.29, 1.82) is 5.26 Å². The van der Waals surface area contributed by atoms with E-state index in [1.165, 1.54) is 0 Å². The van der Waals surface area contributed by atoms with Gasteiger partial charge < -0.3 is 19.7 Å². The maximum absolute atomic E-state index is 13.9. The Labute approximate surface area is 254 Å². The van der Waals surface area contributed by atoms with E-state index in [1.54, 1.807) is 68.1 Å². The van der Waals surface area contributed by atoms with Crippen molar-refractivity contribution in [2.75, 3.05) is 24.6 Å². The lowest BCUT2D eigenvalue weighted by Crippen LogP contribution is -2.44. The summed E-state index contributed by atoms with van der Waals surface area (Å²) in [6.45, 7) is 5.94. The Morgan fingerprint density at radius 3 is 2.34 bits per heavy atom. The normalized spacial score (nSPS) is 15.1. The number of nitriles is 1. The van der Waals surface area contributed by atoms with Crippen molar-refractivity contribution in [2.45, 2.75) is 64.5 Å². The predicted octanol–water partition coefficient (Wildman–Crippen LogP) is 5.83. The Morgan fingerprint density at radius 2 is 1.70 bits per heavy atom. The molecule has 3 aromatic rings. The number of halogens is 3. The molecule has 11 heteroatoms. The monoisotopic (exact) mass is 608 g/mol. The third-order valence-corrected chi connectivity index (χ3v) is 6.94. The fourth-order valence-corrected chi connectivity index (χ4v) is 4.90. The maximum Gasteiger partial charge on any atom is 0.433 e. The molecule has 1 aliphatic rings. The van der Waals surface area contributed by atoms with Crippen LogP contribution in [0.4, 0.5) is 19.0 Å². The Kier molecular flexibility index (Phi) is 10.3. The molecule has 8 nitrogen and oxygen atoms in total. The number of pyridine rings is 1. The van der Waals surface area contributed by atoms with Gasteiger partial charge in [0, 0.05) is 13.1 Å². The summed E-state index contributed by atoms with van der Waals surface area (Å²) in [5, 5.41) is 11.8. The molecule has 1 N–H and O–H groups in total. The molecular weight excluding hydrogens is 573 g/mol.